The normalized spacial score (nSPS) is 31.4. The van der Waals surface area contributed by atoms with Gasteiger partial charge in [0.2, 0.25) is 0 Å². The Morgan fingerprint density at radius 2 is 1.71 bits per heavy atom. The first-order chi connectivity index (χ1) is 10.2. The summed E-state index contributed by atoms with van der Waals surface area (Å²) >= 11 is 3.69. The average Bonchev–Trinajstić information content (AvgIpc) is 2.70. The van der Waals surface area contributed by atoms with Gasteiger partial charge in [-0.2, -0.15) is 0 Å². The molecule has 2 saturated heterocycles. The summed E-state index contributed by atoms with van der Waals surface area (Å²) in [6, 6.07) is 5.87. The Hall–Kier alpha value is -0.780. The van der Waals surface area contributed by atoms with Crippen molar-refractivity contribution in [3.8, 4) is 11.5 Å². The summed E-state index contributed by atoms with van der Waals surface area (Å²) in [4.78, 5) is 2.64. The molecule has 3 heterocycles. The molecule has 3 aliphatic rings. The first-order valence-corrected chi connectivity index (χ1v) is 8.59. The van der Waals surface area contributed by atoms with E-state index in [1.54, 1.807) is 0 Å². The fraction of sp³-hybridized carbons (Fsp3) is 0.625. The molecule has 4 rings (SSSR count). The molecule has 2 N–H and O–H groups in total. The van der Waals surface area contributed by atoms with Crippen LogP contribution >= 0.6 is 15.9 Å². The molecule has 0 aliphatic carbocycles. The van der Waals surface area contributed by atoms with Crippen molar-refractivity contribution in [3.05, 3.63) is 22.2 Å². The highest BCUT2D eigenvalue weighted by Gasteiger charge is 2.39. The minimum absolute atomic E-state index is 0.391. The lowest BCUT2D eigenvalue weighted by Gasteiger charge is -2.38. The monoisotopic (exact) mass is 352 g/mol. The Balaban J connectivity index is 1.57. The predicted molar refractivity (Wildman–Crippen MR) is 84.7 cm³/mol. The van der Waals surface area contributed by atoms with Gasteiger partial charge in [0.1, 0.15) is 13.2 Å². The van der Waals surface area contributed by atoms with Gasteiger partial charge in [-0.05, 0) is 43.4 Å². The third kappa shape index (κ3) is 2.56. The maximum atomic E-state index is 6.16. The molecule has 0 radical (unpaired) electrons. The molecule has 1 aromatic rings. The third-order valence-corrected chi connectivity index (χ3v) is 5.72. The quantitative estimate of drug-likeness (QED) is 0.888. The van der Waals surface area contributed by atoms with Crippen LogP contribution in [0.3, 0.4) is 0 Å². The Bertz CT molecular complexity index is 537. The van der Waals surface area contributed by atoms with Gasteiger partial charge in [-0.15, -0.1) is 0 Å². The van der Waals surface area contributed by atoms with Crippen LogP contribution in [0.5, 0.6) is 11.5 Å². The van der Waals surface area contributed by atoms with Gasteiger partial charge in [0.15, 0.2) is 11.5 Å². The number of nitrogens with two attached hydrogens (primary N) is 1. The van der Waals surface area contributed by atoms with E-state index >= 15 is 0 Å². The molecule has 0 saturated carbocycles. The fourth-order valence-electron chi connectivity index (χ4n) is 4.00. The van der Waals surface area contributed by atoms with Crippen molar-refractivity contribution in [1.82, 2.24) is 4.90 Å². The van der Waals surface area contributed by atoms with Gasteiger partial charge in [0.05, 0.1) is 0 Å². The van der Waals surface area contributed by atoms with Crippen LogP contribution in [-0.2, 0) is 6.54 Å². The van der Waals surface area contributed by atoms with Crippen molar-refractivity contribution in [2.45, 2.75) is 50.4 Å². The van der Waals surface area contributed by atoms with Gasteiger partial charge in [0.25, 0.3) is 0 Å². The van der Waals surface area contributed by atoms with Crippen LogP contribution in [0.2, 0.25) is 0 Å². The van der Waals surface area contributed by atoms with Gasteiger partial charge >= 0.3 is 0 Å². The number of halogens is 1. The van der Waals surface area contributed by atoms with Crippen LogP contribution in [0.25, 0.3) is 0 Å². The van der Waals surface area contributed by atoms with E-state index < -0.39 is 0 Å². The van der Waals surface area contributed by atoms with Crippen LogP contribution in [0.1, 0.15) is 31.2 Å². The molecule has 114 valence electrons. The number of ether oxygens (including phenoxy) is 2. The van der Waals surface area contributed by atoms with Gasteiger partial charge in [0, 0.05) is 29.1 Å². The number of fused-ring (bicyclic) bond motifs is 3. The van der Waals surface area contributed by atoms with Crippen molar-refractivity contribution in [2.75, 3.05) is 13.2 Å². The van der Waals surface area contributed by atoms with Crippen molar-refractivity contribution in [2.24, 2.45) is 5.73 Å². The van der Waals surface area contributed by atoms with E-state index in [0.29, 0.717) is 31.3 Å². The molecular formula is C16H21BrN2O2. The summed E-state index contributed by atoms with van der Waals surface area (Å²) in [5, 5.41) is 0. The molecule has 0 spiro atoms. The Morgan fingerprint density at radius 1 is 1.10 bits per heavy atom. The zero-order chi connectivity index (χ0) is 14.4. The maximum absolute atomic E-state index is 6.16. The van der Waals surface area contributed by atoms with E-state index in [9.17, 15) is 0 Å². The lowest BCUT2D eigenvalue weighted by atomic mass is 9.97. The molecule has 2 bridgehead atoms. The molecule has 0 aromatic heterocycles. The smallest absolute Gasteiger partial charge is 0.162 e. The van der Waals surface area contributed by atoms with Crippen LogP contribution in [0.4, 0.5) is 0 Å². The highest BCUT2D eigenvalue weighted by molar-refractivity contribution is 9.10. The minimum Gasteiger partial charge on any atom is -0.486 e. The van der Waals surface area contributed by atoms with Crippen LogP contribution in [-0.4, -0.2) is 36.2 Å². The summed E-state index contributed by atoms with van der Waals surface area (Å²) in [5.41, 5.74) is 7.44. The highest BCUT2D eigenvalue weighted by atomic mass is 79.9. The lowest BCUT2D eigenvalue weighted by Crippen LogP contribution is -2.46. The fourth-order valence-corrected chi connectivity index (χ4v) is 4.45. The summed E-state index contributed by atoms with van der Waals surface area (Å²) < 4.78 is 12.5. The molecule has 2 atom stereocenters. The zero-order valence-corrected chi connectivity index (χ0v) is 13.6. The summed E-state index contributed by atoms with van der Waals surface area (Å²) in [7, 11) is 0. The Labute approximate surface area is 133 Å². The average molecular weight is 353 g/mol. The van der Waals surface area contributed by atoms with Crippen LogP contribution < -0.4 is 15.2 Å². The third-order valence-electron chi connectivity index (χ3n) is 4.98. The second-order valence-electron chi connectivity index (χ2n) is 6.38. The van der Waals surface area contributed by atoms with Crippen LogP contribution in [0.15, 0.2) is 16.6 Å². The van der Waals surface area contributed by atoms with E-state index in [4.69, 9.17) is 15.2 Å². The van der Waals surface area contributed by atoms with Crippen molar-refractivity contribution < 1.29 is 9.47 Å². The Kier molecular flexibility index (Phi) is 3.59. The first kappa shape index (κ1) is 13.9. The minimum atomic E-state index is 0.391. The van der Waals surface area contributed by atoms with Gasteiger partial charge < -0.3 is 15.2 Å². The first-order valence-electron chi connectivity index (χ1n) is 7.80. The molecule has 0 amide bonds. The van der Waals surface area contributed by atoms with Crippen molar-refractivity contribution >= 4 is 15.9 Å². The van der Waals surface area contributed by atoms with E-state index in [0.717, 1.165) is 35.4 Å². The van der Waals surface area contributed by atoms with E-state index in [-0.39, 0.29) is 0 Å². The number of hydrogen-bond acceptors (Lipinski definition) is 4. The second-order valence-corrected chi connectivity index (χ2v) is 7.23. The van der Waals surface area contributed by atoms with Crippen molar-refractivity contribution in [1.29, 1.82) is 0 Å². The standard InChI is InChI=1S/C16H21BrN2O2/c17-14-8-16-15(20-3-4-21-16)5-10(14)9-19-12-1-2-13(19)7-11(18)6-12/h5,8,11-13H,1-4,6-7,9,18H2. The van der Waals surface area contributed by atoms with Crippen molar-refractivity contribution in [3.63, 3.8) is 0 Å². The van der Waals surface area contributed by atoms with E-state index in [1.165, 1.54) is 18.4 Å². The topological polar surface area (TPSA) is 47.7 Å². The number of benzene rings is 1. The molecule has 5 heteroatoms. The molecule has 21 heavy (non-hydrogen) atoms. The van der Waals surface area contributed by atoms with Gasteiger partial charge in [-0.25, -0.2) is 0 Å². The maximum Gasteiger partial charge on any atom is 0.162 e. The number of piperidine rings is 1. The highest BCUT2D eigenvalue weighted by Crippen LogP contribution is 2.40. The zero-order valence-electron chi connectivity index (χ0n) is 12.1. The molecular weight excluding hydrogens is 332 g/mol. The SMILES string of the molecule is NC1CC2CCC(C1)N2Cc1cc2c(cc1Br)OCCO2. The second kappa shape index (κ2) is 5.45. The summed E-state index contributed by atoms with van der Waals surface area (Å²) in [5.74, 6) is 1.72. The lowest BCUT2D eigenvalue weighted by molar-refractivity contribution is 0.119. The summed E-state index contributed by atoms with van der Waals surface area (Å²) in [6.45, 7) is 2.24. The number of nitrogens with zero attached hydrogens (tertiary/aromatic N) is 1. The molecule has 2 unspecified atom stereocenters. The number of rotatable bonds is 2. The molecule has 3 aliphatic heterocycles. The predicted octanol–water partition coefficient (Wildman–Crippen LogP) is 2.67. The number of hydrogen-bond donors (Lipinski definition) is 1. The Morgan fingerprint density at radius 3 is 2.38 bits per heavy atom. The molecule has 2 fully saturated rings. The van der Waals surface area contributed by atoms with E-state index in [2.05, 4.69) is 26.9 Å². The molecule has 4 nitrogen and oxygen atoms in total. The van der Waals surface area contributed by atoms with E-state index in [1.807, 2.05) is 6.07 Å². The van der Waals surface area contributed by atoms with Crippen LogP contribution in [0, 0.1) is 0 Å². The largest absolute Gasteiger partial charge is 0.486 e. The van der Waals surface area contributed by atoms with Gasteiger partial charge in [-0.3, -0.25) is 4.90 Å². The summed E-state index contributed by atoms with van der Waals surface area (Å²) in [6.07, 6.45) is 4.86. The van der Waals surface area contributed by atoms with Gasteiger partial charge in [-0.1, -0.05) is 15.9 Å². The molecule has 1 aromatic carbocycles.